The summed E-state index contributed by atoms with van der Waals surface area (Å²) < 4.78 is 2.89. The summed E-state index contributed by atoms with van der Waals surface area (Å²) in [5.74, 6) is 1.17. The Morgan fingerprint density at radius 2 is 2.00 bits per heavy atom. The molecule has 0 fully saturated rings. The molecule has 1 rings (SSSR count). The minimum Gasteiger partial charge on any atom is -0.122 e. The van der Waals surface area contributed by atoms with Gasteiger partial charge in [0, 0.05) is 5.25 Å². The van der Waals surface area contributed by atoms with Crippen molar-refractivity contribution in [2.24, 2.45) is 0 Å². The Bertz CT molecular complexity index is 227. The zero-order chi connectivity index (χ0) is 8.97. The molecule has 0 aromatic carbocycles. The van der Waals surface area contributed by atoms with Gasteiger partial charge >= 0.3 is 0 Å². The highest BCUT2D eigenvalue weighted by Gasteiger charge is 2.02. The van der Waals surface area contributed by atoms with E-state index in [1.807, 2.05) is 34.9 Å². The fourth-order valence-corrected chi connectivity index (χ4v) is 4.41. The van der Waals surface area contributed by atoms with E-state index in [2.05, 4.69) is 32.9 Å². The minimum absolute atomic E-state index is 0.697. The Morgan fingerprint density at radius 1 is 1.33 bits per heavy atom. The van der Waals surface area contributed by atoms with Crippen molar-refractivity contribution in [2.45, 2.75) is 34.4 Å². The van der Waals surface area contributed by atoms with Gasteiger partial charge in [0.25, 0.3) is 0 Å². The third-order valence-electron chi connectivity index (χ3n) is 1.20. The highest BCUT2D eigenvalue weighted by atomic mass is 32.2. The number of hydrogen-bond acceptors (Lipinski definition) is 3. The highest BCUT2D eigenvalue weighted by molar-refractivity contribution is 8.03. The van der Waals surface area contributed by atoms with Crippen molar-refractivity contribution in [3.63, 3.8) is 0 Å². The fraction of sp³-hybridized carbons (Fsp3) is 0.556. The van der Waals surface area contributed by atoms with Crippen molar-refractivity contribution in [3.8, 4) is 0 Å². The lowest BCUT2D eigenvalue weighted by molar-refractivity contribution is 1.11. The van der Waals surface area contributed by atoms with E-state index in [0.717, 1.165) is 0 Å². The lowest BCUT2D eigenvalue weighted by Crippen LogP contribution is -1.81. The van der Waals surface area contributed by atoms with E-state index >= 15 is 0 Å². The van der Waals surface area contributed by atoms with Crippen LogP contribution in [-0.2, 0) is 0 Å². The molecule has 1 aromatic heterocycles. The van der Waals surface area contributed by atoms with E-state index in [1.165, 1.54) is 14.2 Å². The smallest absolute Gasteiger partial charge is 0.0613 e. The van der Waals surface area contributed by atoms with Gasteiger partial charge in [-0.15, -0.1) is 34.9 Å². The predicted octanol–water partition coefficient (Wildman–Crippen LogP) is 4.36. The maximum atomic E-state index is 2.23. The van der Waals surface area contributed by atoms with Crippen molar-refractivity contribution in [2.75, 3.05) is 5.75 Å². The Morgan fingerprint density at radius 3 is 2.58 bits per heavy atom. The second-order valence-corrected chi connectivity index (χ2v) is 7.20. The predicted molar refractivity (Wildman–Crippen MR) is 61.7 cm³/mol. The molecule has 3 heteroatoms. The molecule has 0 spiro atoms. The average Bonchev–Trinajstić information content (AvgIpc) is 2.36. The van der Waals surface area contributed by atoms with Crippen molar-refractivity contribution in [1.29, 1.82) is 0 Å². The molecule has 0 saturated heterocycles. The molecule has 68 valence electrons. The summed E-state index contributed by atoms with van der Waals surface area (Å²) >= 11 is 5.79. The van der Waals surface area contributed by atoms with E-state index in [9.17, 15) is 0 Å². The highest BCUT2D eigenvalue weighted by Crippen LogP contribution is 2.34. The number of thioether (sulfide) groups is 2. The van der Waals surface area contributed by atoms with Crippen molar-refractivity contribution >= 4 is 34.9 Å². The van der Waals surface area contributed by atoms with Crippen LogP contribution in [0, 0.1) is 0 Å². The fourth-order valence-electron chi connectivity index (χ4n) is 0.819. The van der Waals surface area contributed by atoms with Crippen molar-refractivity contribution in [3.05, 3.63) is 12.1 Å². The van der Waals surface area contributed by atoms with Gasteiger partial charge in [-0.2, -0.15) is 0 Å². The van der Waals surface area contributed by atoms with Gasteiger partial charge in [0.05, 0.1) is 8.42 Å². The number of hydrogen-bond donors (Lipinski definition) is 0. The Labute approximate surface area is 87.1 Å². The number of rotatable bonds is 4. The van der Waals surface area contributed by atoms with Crippen LogP contribution in [0.2, 0.25) is 0 Å². The third kappa shape index (κ3) is 3.42. The molecule has 0 amide bonds. The van der Waals surface area contributed by atoms with E-state index in [-0.39, 0.29) is 0 Å². The first kappa shape index (κ1) is 10.5. The molecule has 12 heavy (non-hydrogen) atoms. The molecule has 0 aliphatic heterocycles. The average molecular weight is 218 g/mol. The van der Waals surface area contributed by atoms with E-state index < -0.39 is 0 Å². The summed E-state index contributed by atoms with van der Waals surface area (Å²) in [5.41, 5.74) is 0. The molecule has 0 aliphatic rings. The van der Waals surface area contributed by atoms with Crippen LogP contribution in [0.1, 0.15) is 20.8 Å². The summed E-state index contributed by atoms with van der Waals surface area (Å²) in [6.45, 7) is 6.66. The van der Waals surface area contributed by atoms with Crippen LogP contribution in [-0.4, -0.2) is 11.0 Å². The standard InChI is InChI=1S/C9H14S3/c1-4-10-8-5-6-9(12-8)11-7(2)3/h5-7H,4H2,1-3H3. The van der Waals surface area contributed by atoms with Crippen LogP contribution in [0.25, 0.3) is 0 Å². The summed E-state index contributed by atoms with van der Waals surface area (Å²) in [5, 5.41) is 0.697. The van der Waals surface area contributed by atoms with Crippen LogP contribution in [0.15, 0.2) is 20.6 Å². The molecular formula is C9H14S3. The molecule has 0 N–H and O–H groups in total. The molecule has 0 aliphatic carbocycles. The topological polar surface area (TPSA) is 0 Å². The van der Waals surface area contributed by atoms with Gasteiger partial charge in [-0.1, -0.05) is 20.8 Å². The summed E-state index contributed by atoms with van der Waals surface area (Å²) in [6.07, 6.45) is 0. The maximum absolute atomic E-state index is 2.23. The zero-order valence-electron chi connectivity index (χ0n) is 7.66. The van der Waals surface area contributed by atoms with Crippen LogP contribution in [0.3, 0.4) is 0 Å². The lowest BCUT2D eigenvalue weighted by Gasteiger charge is -1.99. The Kier molecular flexibility index (Phi) is 4.54. The van der Waals surface area contributed by atoms with E-state index in [1.54, 1.807) is 0 Å². The van der Waals surface area contributed by atoms with Gasteiger partial charge in [0.1, 0.15) is 0 Å². The van der Waals surface area contributed by atoms with Crippen molar-refractivity contribution in [1.82, 2.24) is 0 Å². The molecular weight excluding hydrogens is 204 g/mol. The summed E-state index contributed by atoms with van der Waals surface area (Å²) in [4.78, 5) is 0. The van der Waals surface area contributed by atoms with Crippen LogP contribution >= 0.6 is 34.9 Å². The molecule has 1 aromatic rings. The molecule has 1 heterocycles. The van der Waals surface area contributed by atoms with Crippen LogP contribution < -0.4 is 0 Å². The lowest BCUT2D eigenvalue weighted by atomic mass is 10.6. The molecule has 0 bridgehead atoms. The van der Waals surface area contributed by atoms with E-state index in [0.29, 0.717) is 5.25 Å². The summed E-state index contributed by atoms with van der Waals surface area (Å²) in [6, 6.07) is 4.46. The second kappa shape index (κ2) is 5.20. The van der Waals surface area contributed by atoms with Gasteiger partial charge in [-0.05, 0) is 17.9 Å². The first-order chi connectivity index (χ1) is 5.72. The van der Waals surface area contributed by atoms with Gasteiger partial charge < -0.3 is 0 Å². The first-order valence-electron chi connectivity index (χ1n) is 4.11. The van der Waals surface area contributed by atoms with Gasteiger partial charge in [0.15, 0.2) is 0 Å². The normalized spacial score (nSPS) is 11.0. The van der Waals surface area contributed by atoms with Gasteiger partial charge in [0.2, 0.25) is 0 Å². The minimum atomic E-state index is 0.697. The van der Waals surface area contributed by atoms with Gasteiger partial charge in [-0.3, -0.25) is 0 Å². The first-order valence-corrected chi connectivity index (χ1v) is 6.80. The Balaban J connectivity index is 2.52. The zero-order valence-corrected chi connectivity index (χ0v) is 10.1. The SMILES string of the molecule is CCSc1ccc(SC(C)C)s1. The van der Waals surface area contributed by atoms with Crippen LogP contribution in [0.5, 0.6) is 0 Å². The molecule has 0 atom stereocenters. The molecule has 0 saturated carbocycles. The monoisotopic (exact) mass is 218 g/mol. The summed E-state index contributed by atoms with van der Waals surface area (Å²) in [7, 11) is 0. The largest absolute Gasteiger partial charge is 0.122 e. The van der Waals surface area contributed by atoms with Crippen molar-refractivity contribution < 1.29 is 0 Å². The number of thiophene rings is 1. The quantitative estimate of drug-likeness (QED) is 0.689. The second-order valence-electron chi connectivity index (χ2n) is 2.67. The van der Waals surface area contributed by atoms with Crippen LogP contribution in [0.4, 0.5) is 0 Å². The van der Waals surface area contributed by atoms with Gasteiger partial charge in [-0.25, -0.2) is 0 Å². The molecule has 0 unspecified atom stereocenters. The molecule has 0 radical (unpaired) electrons. The van der Waals surface area contributed by atoms with E-state index in [4.69, 9.17) is 0 Å². The molecule has 0 nitrogen and oxygen atoms in total. The Hall–Kier alpha value is 0.400. The maximum Gasteiger partial charge on any atom is 0.0613 e. The third-order valence-corrected chi connectivity index (χ3v) is 4.56.